The van der Waals surface area contributed by atoms with E-state index in [0.717, 1.165) is 16.5 Å². The van der Waals surface area contributed by atoms with Crippen molar-refractivity contribution in [2.75, 3.05) is 5.73 Å². The SMILES string of the molecule is CCc1nc(N)cc(OCc2ccccc2Br)n1. The Bertz CT molecular complexity index is 546. The highest BCUT2D eigenvalue weighted by molar-refractivity contribution is 9.10. The van der Waals surface area contributed by atoms with Gasteiger partial charge in [0.05, 0.1) is 0 Å². The zero-order valence-electron chi connectivity index (χ0n) is 10.1. The quantitative estimate of drug-likeness (QED) is 0.943. The van der Waals surface area contributed by atoms with Gasteiger partial charge in [0.1, 0.15) is 18.2 Å². The lowest BCUT2D eigenvalue weighted by Crippen LogP contribution is -2.03. The van der Waals surface area contributed by atoms with Crippen LogP contribution in [0.2, 0.25) is 0 Å². The average Bonchev–Trinajstić information content (AvgIpc) is 2.37. The summed E-state index contributed by atoms with van der Waals surface area (Å²) in [6, 6.07) is 9.54. The number of anilines is 1. The van der Waals surface area contributed by atoms with Gasteiger partial charge in [0.15, 0.2) is 0 Å². The minimum Gasteiger partial charge on any atom is -0.473 e. The Morgan fingerprint density at radius 3 is 2.78 bits per heavy atom. The Kier molecular flexibility index (Phi) is 4.15. The fraction of sp³-hybridized carbons (Fsp3) is 0.231. The molecule has 1 aromatic heterocycles. The minimum atomic E-state index is 0.434. The first-order valence-electron chi connectivity index (χ1n) is 5.68. The Morgan fingerprint density at radius 1 is 1.28 bits per heavy atom. The third-order valence-corrected chi connectivity index (χ3v) is 3.19. The van der Waals surface area contributed by atoms with Crippen LogP contribution in [0.4, 0.5) is 5.82 Å². The number of aryl methyl sites for hydroxylation is 1. The summed E-state index contributed by atoms with van der Waals surface area (Å²) in [5.41, 5.74) is 6.76. The standard InChI is InChI=1S/C13H14BrN3O/c1-2-12-16-11(15)7-13(17-12)18-8-9-5-3-4-6-10(9)14/h3-7H,2,8H2,1H3,(H2,15,16,17). The fourth-order valence-electron chi connectivity index (χ4n) is 1.49. The molecule has 1 heterocycles. The molecule has 0 saturated carbocycles. The van der Waals surface area contributed by atoms with Gasteiger partial charge in [0.25, 0.3) is 0 Å². The molecule has 0 aliphatic heterocycles. The second kappa shape index (κ2) is 5.82. The van der Waals surface area contributed by atoms with E-state index >= 15 is 0 Å². The molecule has 0 bridgehead atoms. The number of nitrogens with two attached hydrogens (primary N) is 1. The summed E-state index contributed by atoms with van der Waals surface area (Å²) in [4.78, 5) is 8.37. The number of nitrogen functional groups attached to an aromatic ring is 1. The molecule has 4 nitrogen and oxygen atoms in total. The lowest BCUT2D eigenvalue weighted by atomic mass is 10.2. The molecule has 0 radical (unpaired) electrons. The Balaban J connectivity index is 2.11. The van der Waals surface area contributed by atoms with E-state index in [9.17, 15) is 0 Å². The molecule has 2 rings (SSSR count). The molecule has 0 saturated heterocycles. The van der Waals surface area contributed by atoms with Crippen molar-refractivity contribution in [1.82, 2.24) is 9.97 Å². The molecule has 0 amide bonds. The van der Waals surface area contributed by atoms with Gasteiger partial charge in [0, 0.05) is 22.5 Å². The van der Waals surface area contributed by atoms with E-state index in [1.807, 2.05) is 31.2 Å². The monoisotopic (exact) mass is 307 g/mol. The number of nitrogens with zero attached hydrogens (tertiary/aromatic N) is 2. The number of aromatic nitrogens is 2. The van der Waals surface area contributed by atoms with E-state index in [4.69, 9.17) is 10.5 Å². The minimum absolute atomic E-state index is 0.434. The van der Waals surface area contributed by atoms with Crippen molar-refractivity contribution in [3.05, 3.63) is 46.2 Å². The van der Waals surface area contributed by atoms with Crippen LogP contribution in [0, 0.1) is 0 Å². The van der Waals surface area contributed by atoms with Crippen LogP contribution < -0.4 is 10.5 Å². The van der Waals surface area contributed by atoms with E-state index < -0.39 is 0 Å². The topological polar surface area (TPSA) is 61.0 Å². The molecule has 2 N–H and O–H groups in total. The lowest BCUT2D eigenvalue weighted by molar-refractivity contribution is 0.292. The van der Waals surface area contributed by atoms with Crippen LogP contribution in [0.1, 0.15) is 18.3 Å². The molecule has 0 aliphatic rings. The molecule has 0 spiro atoms. The van der Waals surface area contributed by atoms with Crippen LogP contribution in [0.3, 0.4) is 0 Å². The summed E-state index contributed by atoms with van der Waals surface area (Å²) in [5.74, 6) is 1.64. The van der Waals surface area contributed by atoms with Crippen molar-refractivity contribution in [3.8, 4) is 5.88 Å². The molecule has 18 heavy (non-hydrogen) atoms. The van der Waals surface area contributed by atoms with Crippen LogP contribution in [-0.2, 0) is 13.0 Å². The number of benzene rings is 1. The Labute approximate surface area is 114 Å². The fourth-order valence-corrected chi connectivity index (χ4v) is 1.89. The van der Waals surface area contributed by atoms with Gasteiger partial charge in [-0.05, 0) is 6.07 Å². The van der Waals surface area contributed by atoms with Crippen LogP contribution in [0.5, 0.6) is 5.88 Å². The van der Waals surface area contributed by atoms with Crippen molar-refractivity contribution in [3.63, 3.8) is 0 Å². The molecule has 0 unspecified atom stereocenters. The maximum Gasteiger partial charge on any atom is 0.219 e. The first kappa shape index (κ1) is 12.8. The highest BCUT2D eigenvalue weighted by atomic mass is 79.9. The maximum absolute atomic E-state index is 5.69. The number of hydrogen-bond donors (Lipinski definition) is 1. The van der Waals surface area contributed by atoms with Crippen LogP contribution in [-0.4, -0.2) is 9.97 Å². The van der Waals surface area contributed by atoms with Crippen molar-refractivity contribution in [2.45, 2.75) is 20.0 Å². The van der Waals surface area contributed by atoms with Crippen LogP contribution >= 0.6 is 15.9 Å². The molecule has 0 atom stereocenters. The van der Waals surface area contributed by atoms with Crippen LogP contribution in [0.15, 0.2) is 34.8 Å². The normalized spacial score (nSPS) is 10.3. The van der Waals surface area contributed by atoms with Gasteiger partial charge in [-0.2, -0.15) is 4.98 Å². The molecule has 1 aromatic carbocycles. The molecule has 94 valence electrons. The van der Waals surface area contributed by atoms with Gasteiger partial charge in [-0.25, -0.2) is 4.98 Å². The van der Waals surface area contributed by atoms with Crippen molar-refractivity contribution >= 4 is 21.7 Å². The van der Waals surface area contributed by atoms with E-state index in [2.05, 4.69) is 25.9 Å². The van der Waals surface area contributed by atoms with Gasteiger partial charge in [-0.1, -0.05) is 41.1 Å². The average molecular weight is 308 g/mol. The first-order valence-corrected chi connectivity index (χ1v) is 6.48. The molecule has 2 aromatic rings. The van der Waals surface area contributed by atoms with Gasteiger partial charge in [-0.15, -0.1) is 0 Å². The van der Waals surface area contributed by atoms with Gasteiger partial charge in [-0.3, -0.25) is 0 Å². The summed E-state index contributed by atoms with van der Waals surface area (Å²) < 4.78 is 6.65. The van der Waals surface area contributed by atoms with Crippen molar-refractivity contribution in [2.24, 2.45) is 0 Å². The van der Waals surface area contributed by atoms with Crippen molar-refractivity contribution < 1.29 is 4.74 Å². The van der Waals surface area contributed by atoms with E-state index in [1.165, 1.54) is 0 Å². The smallest absolute Gasteiger partial charge is 0.219 e. The van der Waals surface area contributed by atoms with Gasteiger partial charge < -0.3 is 10.5 Å². The molecule has 0 fully saturated rings. The van der Waals surface area contributed by atoms with E-state index in [0.29, 0.717) is 24.1 Å². The molecule has 5 heteroatoms. The second-order valence-corrected chi connectivity index (χ2v) is 4.64. The second-order valence-electron chi connectivity index (χ2n) is 3.78. The number of hydrogen-bond acceptors (Lipinski definition) is 4. The predicted octanol–water partition coefficient (Wildman–Crippen LogP) is 2.96. The molecular weight excluding hydrogens is 294 g/mol. The number of rotatable bonds is 4. The highest BCUT2D eigenvalue weighted by Crippen LogP contribution is 2.19. The molecule has 0 aliphatic carbocycles. The summed E-state index contributed by atoms with van der Waals surface area (Å²) >= 11 is 3.47. The lowest BCUT2D eigenvalue weighted by Gasteiger charge is -2.08. The zero-order chi connectivity index (χ0) is 13.0. The predicted molar refractivity (Wildman–Crippen MR) is 74.3 cm³/mol. The van der Waals surface area contributed by atoms with Gasteiger partial charge >= 0.3 is 0 Å². The van der Waals surface area contributed by atoms with Crippen LogP contribution in [0.25, 0.3) is 0 Å². The van der Waals surface area contributed by atoms with Gasteiger partial charge in [0.2, 0.25) is 5.88 Å². The Hall–Kier alpha value is -1.62. The summed E-state index contributed by atoms with van der Waals surface area (Å²) in [6.45, 7) is 2.42. The zero-order valence-corrected chi connectivity index (χ0v) is 11.6. The first-order chi connectivity index (χ1) is 8.69. The number of ether oxygens (including phenoxy) is 1. The van der Waals surface area contributed by atoms with E-state index in [1.54, 1.807) is 6.07 Å². The highest BCUT2D eigenvalue weighted by Gasteiger charge is 2.04. The molecular formula is C13H14BrN3O. The largest absolute Gasteiger partial charge is 0.473 e. The maximum atomic E-state index is 5.69. The summed E-state index contributed by atoms with van der Waals surface area (Å²) in [7, 11) is 0. The summed E-state index contributed by atoms with van der Waals surface area (Å²) in [5, 5.41) is 0. The Morgan fingerprint density at radius 2 is 2.06 bits per heavy atom. The summed E-state index contributed by atoms with van der Waals surface area (Å²) in [6.07, 6.45) is 0.733. The van der Waals surface area contributed by atoms with E-state index in [-0.39, 0.29) is 0 Å². The third kappa shape index (κ3) is 3.20. The van der Waals surface area contributed by atoms with Crippen molar-refractivity contribution in [1.29, 1.82) is 0 Å². The third-order valence-electron chi connectivity index (χ3n) is 2.42. The number of halogens is 1.